The minimum atomic E-state index is -3.53. The molecule has 0 bridgehead atoms. The number of β-amino-alcohol motifs (C(OH)–C–C–N with tert-alkyl or cyclic N) is 1. The molecule has 35 heavy (non-hydrogen) atoms. The van der Waals surface area contributed by atoms with Crippen LogP contribution in [0.3, 0.4) is 0 Å². The van der Waals surface area contributed by atoms with Crippen LogP contribution in [0.5, 0.6) is 5.75 Å². The van der Waals surface area contributed by atoms with Gasteiger partial charge in [-0.25, -0.2) is 8.42 Å². The van der Waals surface area contributed by atoms with E-state index in [1.54, 1.807) is 18.2 Å². The molecule has 6 nitrogen and oxygen atoms in total. The Morgan fingerprint density at radius 1 is 0.943 bits per heavy atom. The van der Waals surface area contributed by atoms with E-state index in [2.05, 4.69) is 55.1 Å². The summed E-state index contributed by atoms with van der Waals surface area (Å²) in [5, 5.41) is 14.3. The van der Waals surface area contributed by atoms with Gasteiger partial charge >= 0.3 is 0 Å². The fraction of sp³-hybridized carbons (Fsp3) is 0.357. The molecule has 0 saturated heterocycles. The molecule has 0 spiro atoms. The number of aryl methyl sites for hydroxylation is 1. The van der Waals surface area contributed by atoms with Gasteiger partial charge in [0, 0.05) is 12.1 Å². The van der Waals surface area contributed by atoms with Gasteiger partial charge in [-0.3, -0.25) is 4.72 Å². The molecule has 0 aliphatic rings. The summed E-state index contributed by atoms with van der Waals surface area (Å²) in [6.45, 7) is 6.98. The second-order valence-electron chi connectivity index (χ2n) is 9.53. The third-order valence-electron chi connectivity index (χ3n) is 5.74. The Hall–Kier alpha value is -2.87. The molecule has 0 heterocycles. The van der Waals surface area contributed by atoms with E-state index in [1.807, 2.05) is 30.3 Å². The van der Waals surface area contributed by atoms with Crippen molar-refractivity contribution in [2.45, 2.75) is 51.9 Å². The summed E-state index contributed by atoms with van der Waals surface area (Å²) in [7, 11) is -3.53. The van der Waals surface area contributed by atoms with Crippen LogP contribution in [0.15, 0.2) is 72.8 Å². The van der Waals surface area contributed by atoms with Crippen molar-refractivity contribution >= 4 is 15.7 Å². The quantitative estimate of drug-likeness (QED) is 0.334. The van der Waals surface area contributed by atoms with Crippen molar-refractivity contribution in [1.82, 2.24) is 5.32 Å². The Morgan fingerprint density at radius 3 is 2.31 bits per heavy atom. The molecular formula is C28H36N2O4S. The predicted octanol–water partition coefficient (Wildman–Crippen LogP) is 4.84. The molecule has 0 fully saturated rings. The molecule has 0 aliphatic carbocycles. The molecule has 0 radical (unpaired) electrons. The number of hydrogen-bond acceptors (Lipinski definition) is 5. The van der Waals surface area contributed by atoms with Crippen LogP contribution in [-0.2, 0) is 29.5 Å². The summed E-state index contributed by atoms with van der Waals surface area (Å²) in [5.41, 5.74) is 4.18. The highest BCUT2D eigenvalue weighted by molar-refractivity contribution is 7.92. The molecular weight excluding hydrogens is 460 g/mol. The summed E-state index contributed by atoms with van der Waals surface area (Å²) < 4.78 is 32.3. The predicted molar refractivity (Wildman–Crippen MR) is 142 cm³/mol. The maximum Gasteiger partial charge on any atom is 0.229 e. The van der Waals surface area contributed by atoms with E-state index in [1.165, 1.54) is 11.1 Å². The van der Waals surface area contributed by atoms with Crippen molar-refractivity contribution in [2.75, 3.05) is 17.5 Å². The van der Waals surface area contributed by atoms with Crippen LogP contribution in [0.25, 0.3) is 0 Å². The Kier molecular flexibility index (Phi) is 8.94. The average Bonchev–Trinajstić information content (AvgIpc) is 2.81. The Balaban J connectivity index is 1.69. The highest BCUT2D eigenvalue weighted by Gasteiger charge is 2.21. The van der Waals surface area contributed by atoms with Crippen molar-refractivity contribution < 1.29 is 18.3 Å². The molecule has 0 aromatic heterocycles. The fourth-order valence-electron chi connectivity index (χ4n) is 3.92. The van der Waals surface area contributed by atoms with Crippen LogP contribution in [0.4, 0.5) is 5.69 Å². The summed E-state index contributed by atoms with van der Waals surface area (Å²) >= 11 is 0. The first kappa shape index (κ1) is 26.7. The minimum Gasteiger partial charge on any atom is -0.487 e. The number of anilines is 1. The first-order valence-electron chi connectivity index (χ1n) is 11.8. The first-order chi connectivity index (χ1) is 16.5. The Morgan fingerprint density at radius 2 is 1.63 bits per heavy atom. The first-order valence-corrected chi connectivity index (χ1v) is 13.7. The summed E-state index contributed by atoms with van der Waals surface area (Å²) in [5.74, 6) is 0.402. The molecule has 0 amide bonds. The zero-order chi connectivity index (χ0) is 25.5. The lowest BCUT2D eigenvalue weighted by atomic mass is 9.93. The van der Waals surface area contributed by atoms with E-state index >= 15 is 0 Å². The van der Waals surface area contributed by atoms with Gasteiger partial charge in [0.1, 0.15) is 12.4 Å². The van der Waals surface area contributed by atoms with Gasteiger partial charge in [0.25, 0.3) is 0 Å². The van der Waals surface area contributed by atoms with E-state index in [4.69, 9.17) is 4.74 Å². The second kappa shape index (κ2) is 11.7. The number of aliphatic hydroxyl groups is 1. The molecule has 7 heteroatoms. The van der Waals surface area contributed by atoms with E-state index in [0.717, 1.165) is 24.7 Å². The third kappa shape index (κ3) is 8.69. The number of benzene rings is 3. The van der Waals surface area contributed by atoms with E-state index in [0.29, 0.717) is 30.2 Å². The third-order valence-corrected chi connectivity index (χ3v) is 6.33. The number of aliphatic hydroxyl groups excluding tert-OH is 1. The van der Waals surface area contributed by atoms with Crippen LogP contribution >= 0.6 is 0 Å². The van der Waals surface area contributed by atoms with Crippen molar-refractivity contribution in [3.8, 4) is 5.75 Å². The normalized spacial score (nSPS) is 12.8. The zero-order valence-corrected chi connectivity index (χ0v) is 21.7. The van der Waals surface area contributed by atoms with Gasteiger partial charge in [-0.15, -0.1) is 0 Å². The number of hydrogen-bond donors (Lipinski definition) is 3. The van der Waals surface area contributed by atoms with Gasteiger partial charge < -0.3 is 15.2 Å². The molecule has 0 aliphatic heterocycles. The van der Waals surface area contributed by atoms with E-state index in [9.17, 15) is 13.5 Å². The lowest BCUT2D eigenvalue weighted by molar-refractivity contribution is 0.160. The van der Waals surface area contributed by atoms with E-state index < -0.39 is 16.1 Å². The average molecular weight is 497 g/mol. The second-order valence-corrected chi connectivity index (χ2v) is 11.3. The van der Waals surface area contributed by atoms with E-state index in [-0.39, 0.29) is 5.54 Å². The molecule has 3 aromatic rings. The summed E-state index contributed by atoms with van der Waals surface area (Å²) in [6.07, 6.45) is 2.09. The van der Waals surface area contributed by atoms with Crippen molar-refractivity contribution in [3.05, 3.63) is 95.1 Å². The van der Waals surface area contributed by atoms with Crippen LogP contribution in [0, 0.1) is 0 Å². The fourth-order valence-corrected chi connectivity index (χ4v) is 4.48. The monoisotopic (exact) mass is 496 g/mol. The largest absolute Gasteiger partial charge is 0.487 e. The smallest absolute Gasteiger partial charge is 0.229 e. The van der Waals surface area contributed by atoms with Crippen LogP contribution in [-0.4, -0.2) is 31.9 Å². The molecule has 3 rings (SSSR count). The maximum atomic E-state index is 11.9. The van der Waals surface area contributed by atoms with Crippen molar-refractivity contribution in [3.63, 3.8) is 0 Å². The van der Waals surface area contributed by atoms with Gasteiger partial charge in [-0.2, -0.15) is 0 Å². The van der Waals surface area contributed by atoms with Crippen molar-refractivity contribution in [1.29, 1.82) is 0 Å². The van der Waals surface area contributed by atoms with Crippen LogP contribution in [0.1, 0.15) is 49.1 Å². The topological polar surface area (TPSA) is 87.7 Å². The Bertz CT molecular complexity index is 1210. The molecule has 0 unspecified atom stereocenters. The maximum absolute atomic E-state index is 11.9. The molecule has 3 N–H and O–H groups in total. The van der Waals surface area contributed by atoms with Gasteiger partial charge in [-0.1, -0.05) is 67.6 Å². The molecule has 3 aromatic carbocycles. The zero-order valence-electron chi connectivity index (χ0n) is 20.9. The number of rotatable bonds is 12. The number of sulfonamides is 1. The SMILES string of the molecule is CCc1cccc(CC(C)(C)NC[C@H](O)c2ccc(OCc3ccccc3)c(NS(C)(=O)=O)c2)c1. The van der Waals surface area contributed by atoms with Crippen molar-refractivity contribution in [2.24, 2.45) is 0 Å². The lowest BCUT2D eigenvalue weighted by Crippen LogP contribution is -2.43. The minimum absolute atomic E-state index is 0.236. The highest BCUT2D eigenvalue weighted by atomic mass is 32.2. The van der Waals surface area contributed by atoms with Crippen LogP contribution in [0.2, 0.25) is 0 Å². The molecule has 1 atom stereocenters. The number of ether oxygens (including phenoxy) is 1. The Labute approximate surface area is 209 Å². The van der Waals surface area contributed by atoms with Gasteiger partial charge in [0.15, 0.2) is 0 Å². The summed E-state index contributed by atoms with van der Waals surface area (Å²) in [4.78, 5) is 0. The summed E-state index contributed by atoms with van der Waals surface area (Å²) in [6, 6.07) is 23.3. The van der Waals surface area contributed by atoms with Gasteiger partial charge in [0.2, 0.25) is 10.0 Å². The van der Waals surface area contributed by atoms with Gasteiger partial charge in [0.05, 0.1) is 18.0 Å². The molecule has 0 saturated carbocycles. The lowest BCUT2D eigenvalue weighted by Gasteiger charge is -2.28. The number of nitrogens with one attached hydrogen (secondary N) is 2. The van der Waals surface area contributed by atoms with Gasteiger partial charge in [-0.05, 0) is 61.1 Å². The standard InChI is InChI=1S/C28H36N2O4S/c1-5-21-12-9-13-23(16-21)18-28(2,3)29-19-26(31)24-14-15-27(25(17-24)30-35(4,32)33)34-20-22-10-7-6-8-11-22/h6-17,26,29-31H,5,18-20H2,1-4H3/t26-/m0/s1. The highest BCUT2D eigenvalue weighted by Crippen LogP contribution is 2.30. The molecule has 188 valence electrons. The van der Waals surface area contributed by atoms with Crippen LogP contribution < -0.4 is 14.8 Å².